The summed E-state index contributed by atoms with van der Waals surface area (Å²) in [5, 5.41) is 15.7. The van der Waals surface area contributed by atoms with Crippen LogP contribution in [-0.2, 0) is 9.63 Å². The number of aromatic nitrogens is 1. The fourth-order valence-electron chi connectivity index (χ4n) is 2.12. The number of benzene rings is 2. The molecule has 0 saturated heterocycles. The third kappa shape index (κ3) is 4.47. The SMILES string of the molecule is COc1ccc2nc(NC(=O)CO/N=C\c3cccc(NO)c3)sc2c1. The zero-order valence-electron chi connectivity index (χ0n) is 13.8. The fraction of sp³-hybridized carbons (Fsp3) is 0.118. The number of hydrogen-bond donors (Lipinski definition) is 3. The van der Waals surface area contributed by atoms with E-state index >= 15 is 0 Å². The minimum absolute atomic E-state index is 0.242. The molecule has 0 aliphatic carbocycles. The summed E-state index contributed by atoms with van der Waals surface area (Å²) in [7, 11) is 1.60. The van der Waals surface area contributed by atoms with E-state index < -0.39 is 0 Å². The Bertz CT molecular complexity index is 941. The second-order valence-electron chi connectivity index (χ2n) is 5.15. The summed E-state index contributed by atoms with van der Waals surface area (Å²) in [6, 6.07) is 12.4. The Balaban J connectivity index is 1.53. The van der Waals surface area contributed by atoms with Crippen LogP contribution in [0.5, 0.6) is 5.75 Å². The number of fused-ring (bicyclic) bond motifs is 1. The van der Waals surface area contributed by atoms with Gasteiger partial charge in [0.05, 0.1) is 29.2 Å². The van der Waals surface area contributed by atoms with E-state index in [1.54, 1.807) is 31.4 Å². The highest BCUT2D eigenvalue weighted by atomic mass is 32.1. The van der Waals surface area contributed by atoms with Crippen molar-refractivity contribution >= 4 is 44.5 Å². The topological polar surface area (TPSA) is 105 Å². The molecule has 134 valence electrons. The van der Waals surface area contributed by atoms with E-state index in [1.165, 1.54) is 17.6 Å². The van der Waals surface area contributed by atoms with Gasteiger partial charge in [-0.25, -0.2) is 4.98 Å². The van der Waals surface area contributed by atoms with Gasteiger partial charge in [-0.3, -0.25) is 20.8 Å². The number of amides is 1. The zero-order chi connectivity index (χ0) is 18.4. The lowest BCUT2D eigenvalue weighted by Crippen LogP contribution is -2.16. The highest BCUT2D eigenvalue weighted by Gasteiger charge is 2.09. The largest absolute Gasteiger partial charge is 0.497 e. The molecule has 0 unspecified atom stereocenters. The molecule has 0 fully saturated rings. The molecule has 0 atom stereocenters. The normalized spacial score (nSPS) is 10.8. The molecule has 9 heteroatoms. The number of thiazole rings is 1. The Labute approximate surface area is 153 Å². The summed E-state index contributed by atoms with van der Waals surface area (Å²) in [5.41, 5.74) is 4.06. The molecule has 26 heavy (non-hydrogen) atoms. The van der Waals surface area contributed by atoms with Gasteiger partial charge in [0.2, 0.25) is 0 Å². The highest BCUT2D eigenvalue weighted by Crippen LogP contribution is 2.29. The van der Waals surface area contributed by atoms with Crippen molar-refractivity contribution in [3.8, 4) is 5.75 Å². The van der Waals surface area contributed by atoms with Crippen LogP contribution in [0.2, 0.25) is 0 Å². The van der Waals surface area contributed by atoms with E-state index in [4.69, 9.17) is 14.8 Å². The minimum atomic E-state index is -0.362. The molecule has 2 aromatic carbocycles. The van der Waals surface area contributed by atoms with Gasteiger partial charge in [-0.1, -0.05) is 28.6 Å². The van der Waals surface area contributed by atoms with E-state index in [0.29, 0.717) is 16.4 Å². The van der Waals surface area contributed by atoms with Crippen LogP contribution < -0.4 is 15.5 Å². The van der Waals surface area contributed by atoms with Crippen LogP contribution in [0, 0.1) is 0 Å². The Morgan fingerprint density at radius 2 is 2.23 bits per heavy atom. The molecule has 8 nitrogen and oxygen atoms in total. The molecular weight excluding hydrogens is 356 g/mol. The maximum atomic E-state index is 11.9. The maximum absolute atomic E-state index is 11.9. The summed E-state index contributed by atoms with van der Waals surface area (Å²) < 4.78 is 6.08. The van der Waals surface area contributed by atoms with Crippen LogP contribution >= 0.6 is 11.3 Å². The lowest BCUT2D eigenvalue weighted by Gasteiger charge is -2.01. The Morgan fingerprint density at radius 1 is 1.35 bits per heavy atom. The molecule has 0 aliphatic rings. The summed E-state index contributed by atoms with van der Waals surface area (Å²) in [6.45, 7) is -0.242. The lowest BCUT2D eigenvalue weighted by atomic mass is 10.2. The number of ether oxygens (including phenoxy) is 1. The molecule has 0 bridgehead atoms. The first kappa shape index (κ1) is 17.6. The van der Waals surface area contributed by atoms with Crippen LogP contribution in [0.4, 0.5) is 10.8 Å². The van der Waals surface area contributed by atoms with Gasteiger partial charge in [-0.15, -0.1) is 0 Å². The quantitative estimate of drug-likeness (QED) is 0.435. The summed E-state index contributed by atoms with van der Waals surface area (Å²) in [5.74, 6) is 0.371. The number of anilines is 2. The molecule has 1 amide bonds. The number of hydrogen-bond acceptors (Lipinski definition) is 8. The Hall–Kier alpha value is -3.17. The van der Waals surface area contributed by atoms with Crippen LogP contribution in [0.1, 0.15) is 5.56 Å². The lowest BCUT2D eigenvalue weighted by molar-refractivity contribution is -0.120. The summed E-state index contributed by atoms with van der Waals surface area (Å²) >= 11 is 1.35. The average Bonchev–Trinajstić information content (AvgIpc) is 3.06. The predicted molar refractivity (Wildman–Crippen MR) is 100 cm³/mol. The van der Waals surface area contributed by atoms with E-state index in [-0.39, 0.29) is 12.5 Å². The molecule has 1 heterocycles. The summed E-state index contributed by atoms with van der Waals surface area (Å²) in [4.78, 5) is 21.2. The van der Waals surface area contributed by atoms with Crippen molar-refractivity contribution in [3.05, 3.63) is 48.0 Å². The summed E-state index contributed by atoms with van der Waals surface area (Å²) in [6.07, 6.45) is 1.44. The minimum Gasteiger partial charge on any atom is -0.497 e. The molecule has 0 saturated carbocycles. The standard InChI is InChI=1S/C17H16N4O4S/c1-24-13-5-6-14-15(8-13)26-17(19-14)20-16(22)10-25-18-9-11-3-2-4-12(7-11)21-23/h2-9,21,23H,10H2,1H3,(H,19,20,22)/b18-9-. The molecule has 0 aliphatic heterocycles. The van der Waals surface area contributed by atoms with E-state index in [9.17, 15) is 4.79 Å². The molecule has 3 aromatic rings. The van der Waals surface area contributed by atoms with Crippen LogP contribution in [-0.4, -0.2) is 36.0 Å². The molecule has 3 rings (SSSR count). The van der Waals surface area contributed by atoms with Crippen LogP contribution in [0.25, 0.3) is 10.2 Å². The first-order valence-electron chi connectivity index (χ1n) is 7.58. The number of oxime groups is 1. The van der Waals surface area contributed by atoms with Gasteiger partial charge in [0.25, 0.3) is 5.91 Å². The second-order valence-corrected chi connectivity index (χ2v) is 6.18. The molecular formula is C17H16N4O4S. The number of methoxy groups -OCH3 is 1. The van der Waals surface area contributed by atoms with Gasteiger partial charge in [-0.2, -0.15) is 0 Å². The van der Waals surface area contributed by atoms with Crippen molar-refractivity contribution in [3.63, 3.8) is 0 Å². The van der Waals surface area contributed by atoms with Gasteiger partial charge in [0, 0.05) is 0 Å². The van der Waals surface area contributed by atoms with Gasteiger partial charge >= 0.3 is 0 Å². The van der Waals surface area contributed by atoms with Crippen molar-refractivity contribution in [2.24, 2.45) is 5.16 Å². The van der Waals surface area contributed by atoms with Gasteiger partial charge in [0.1, 0.15) is 5.75 Å². The monoisotopic (exact) mass is 372 g/mol. The van der Waals surface area contributed by atoms with Crippen molar-refractivity contribution in [2.75, 3.05) is 24.5 Å². The van der Waals surface area contributed by atoms with Crippen molar-refractivity contribution in [1.82, 2.24) is 4.98 Å². The van der Waals surface area contributed by atoms with E-state index in [1.807, 2.05) is 23.7 Å². The zero-order valence-corrected chi connectivity index (χ0v) is 14.6. The number of nitrogens with zero attached hydrogens (tertiary/aromatic N) is 2. The van der Waals surface area contributed by atoms with Crippen molar-refractivity contribution in [1.29, 1.82) is 0 Å². The molecule has 0 spiro atoms. The fourth-order valence-corrected chi connectivity index (χ4v) is 3.03. The highest BCUT2D eigenvalue weighted by molar-refractivity contribution is 7.22. The van der Waals surface area contributed by atoms with Crippen molar-refractivity contribution in [2.45, 2.75) is 0 Å². The van der Waals surface area contributed by atoms with Gasteiger partial charge in [-0.05, 0) is 35.9 Å². The van der Waals surface area contributed by atoms with E-state index in [2.05, 4.69) is 15.5 Å². The predicted octanol–water partition coefficient (Wildman–Crippen LogP) is 3.10. The number of carbonyl (C=O) groups is 1. The van der Waals surface area contributed by atoms with Gasteiger partial charge in [0.15, 0.2) is 11.7 Å². The Morgan fingerprint density at radius 3 is 3.04 bits per heavy atom. The van der Waals surface area contributed by atoms with Crippen LogP contribution in [0.3, 0.4) is 0 Å². The first-order valence-corrected chi connectivity index (χ1v) is 8.39. The molecule has 0 radical (unpaired) electrons. The van der Waals surface area contributed by atoms with Crippen LogP contribution in [0.15, 0.2) is 47.6 Å². The van der Waals surface area contributed by atoms with Crippen molar-refractivity contribution < 1.29 is 19.6 Å². The average molecular weight is 372 g/mol. The first-order chi connectivity index (χ1) is 12.7. The molecule has 3 N–H and O–H groups in total. The smallest absolute Gasteiger partial charge is 0.266 e. The second kappa shape index (κ2) is 8.28. The third-order valence-electron chi connectivity index (χ3n) is 3.33. The third-order valence-corrected chi connectivity index (χ3v) is 4.26. The Kier molecular flexibility index (Phi) is 5.62. The van der Waals surface area contributed by atoms with E-state index in [0.717, 1.165) is 16.0 Å². The number of nitrogens with one attached hydrogen (secondary N) is 2. The molecule has 1 aromatic heterocycles. The van der Waals surface area contributed by atoms with Gasteiger partial charge < -0.3 is 9.57 Å². The number of rotatable bonds is 7. The number of carbonyl (C=O) groups excluding carboxylic acids is 1. The maximum Gasteiger partial charge on any atom is 0.266 e.